The fourth-order valence-corrected chi connectivity index (χ4v) is 5.20. The Kier molecular flexibility index (Phi) is 3.92. The second kappa shape index (κ2) is 6.53. The van der Waals surface area contributed by atoms with Gasteiger partial charge in [-0.15, -0.1) is 0 Å². The van der Waals surface area contributed by atoms with E-state index in [1.54, 1.807) is 0 Å². The summed E-state index contributed by atoms with van der Waals surface area (Å²) in [5, 5.41) is 8.07. The molecule has 8 heteroatoms. The molecule has 1 fully saturated rings. The van der Waals surface area contributed by atoms with Crippen LogP contribution in [0.25, 0.3) is 16.7 Å². The standard InChI is InChI=1S/C21H22BrN7/c1-12-8-14(22)9-17-19(12)27-20(26-17)13-10-28(11-13)21-15-2-5-23-6-3-16(15)25-18-4-7-24-29(18)21/h4,7-9,13,23H,2-3,5-6,10-11H2,1H3,(H,26,27). The fourth-order valence-electron chi connectivity index (χ4n) is 4.62. The van der Waals surface area contributed by atoms with Crippen molar-refractivity contribution in [3.8, 4) is 0 Å². The molecule has 1 aromatic carbocycles. The normalized spacial score (nSPS) is 17.5. The molecule has 7 nitrogen and oxygen atoms in total. The van der Waals surface area contributed by atoms with Crippen LogP contribution in [0.15, 0.2) is 28.9 Å². The smallest absolute Gasteiger partial charge is 0.157 e. The highest BCUT2D eigenvalue weighted by molar-refractivity contribution is 9.10. The number of aromatic nitrogens is 5. The Labute approximate surface area is 176 Å². The topological polar surface area (TPSA) is 74.1 Å². The van der Waals surface area contributed by atoms with E-state index in [-0.39, 0.29) is 0 Å². The van der Waals surface area contributed by atoms with E-state index in [2.05, 4.69) is 55.3 Å². The third-order valence-corrected chi connectivity index (χ3v) is 6.57. The number of nitrogens with zero attached hydrogens (tertiary/aromatic N) is 5. The summed E-state index contributed by atoms with van der Waals surface area (Å²) in [5.74, 6) is 2.69. The molecule has 0 amide bonds. The zero-order valence-corrected chi connectivity index (χ0v) is 17.8. The monoisotopic (exact) mass is 451 g/mol. The first-order valence-electron chi connectivity index (χ1n) is 10.1. The molecule has 0 spiro atoms. The van der Waals surface area contributed by atoms with E-state index < -0.39 is 0 Å². The Morgan fingerprint density at radius 1 is 1.14 bits per heavy atom. The summed E-state index contributed by atoms with van der Waals surface area (Å²) in [4.78, 5) is 15.8. The molecule has 29 heavy (non-hydrogen) atoms. The molecular weight excluding hydrogens is 430 g/mol. The maximum Gasteiger partial charge on any atom is 0.157 e. The molecule has 0 atom stereocenters. The van der Waals surface area contributed by atoms with Crippen LogP contribution >= 0.6 is 15.9 Å². The van der Waals surface area contributed by atoms with E-state index in [1.807, 2.05) is 16.8 Å². The molecule has 2 aliphatic rings. The highest BCUT2D eigenvalue weighted by atomic mass is 79.9. The lowest BCUT2D eigenvalue weighted by atomic mass is 9.97. The van der Waals surface area contributed by atoms with Crippen LogP contribution in [0.3, 0.4) is 0 Å². The summed E-state index contributed by atoms with van der Waals surface area (Å²) in [6.07, 6.45) is 3.81. The van der Waals surface area contributed by atoms with Gasteiger partial charge in [-0.1, -0.05) is 15.9 Å². The van der Waals surface area contributed by atoms with Crippen molar-refractivity contribution in [1.29, 1.82) is 0 Å². The first-order valence-corrected chi connectivity index (χ1v) is 10.9. The lowest BCUT2D eigenvalue weighted by Crippen LogP contribution is -2.47. The van der Waals surface area contributed by atoms with Crippen molar-refractivity contribution in [1.82, 2.24) is 29.9 Å². The van der Waals surface area contributed by atoms with E-state index in [1.165, 1.54) is 22.6 Å². The van der Waals surface area contributed by atoms with Crippen LogP contribution in [0, 0.1) is 6.92 Å². The molecule has 148 valence electrons. The van der Waals surface area contributed by atoms with E-state index in [4.69, 9.17) is 9.97 Å². The summed E-state index contributed by atoms with van der Waals surface area (Å²) >= 11 is 3.58. The number of nitrogens with one attached hydrogen (secondary N) is 2. The number of fused-ring (bicyclic) bond motifs is 3. The zero-order valence-electron chi connectivity index (χ0n) is 16.2. The number of anilines is 1. The van der Waals surface area contributed by atoms with Crippen molar-refractivity contribution in [2.45, 2.75) is 25.7 Å². The second-order valence-corrected chi connectivity index (χ2v) is 8.97. The lowest BCUT2D eigenvalue weighted by molar-refractivity contribution is 0.494. The van der Waals surface area contributed by atoms with Gasteiger partial charge in [0.1, 0.15) is 11.6 Å². The highest BCUT2D eigenvalue weighted by Gasteiger charge is 2.34. The zero-order chi connectivity index (χ0) is 19.5. The number of hydrogen-bond acceptors (Lipinski definition) is 5. The molecule has 4 aromatic rings. The Balaban J connectivity index is 1.35. The summed E-state index contributed by atoms with van der Waals surface area (Å²) in [7, 11) is 0. The van der Waals surface area contributed by atoms with Crippen LogP contribution in [0.4, 0.5) is 5.82 Å². The Bertz CT molecular complexity index is 1240. The molecule has 1 saturated heterocycles. The van der Waals surface area contributed by atoms with Gasteiger partial charge in [-0.2, -0.15) is 9.61 Å². The predicted molar refractivity (Wildman–Crippen MR) is 117 cm³/mol. The number of imidazole rings is 1. The number of hydrogen-bond donors (Lipinski definition) is 2. The van der Waals surface area contributed by atoms with E-state index >= 15 is 0 Å². The van der Waals surface area contributed by atoms with Crippen molar-refractivity contribution in [3.63, 3.8) is 0 Å². The van der Waals surface area contributed by atoms with Crippen LogP contribution in [-0.4, -0.2) is 50.7 Å². The van der Waals surface area contributed by atoms with Crippen molar-refractivity contribution >= 4 is 38.4 Å². The minimum Gasteiger partial charge on any atom is -0.355 e. The van der Waals surface area contributed by atoms with Gasteiger partial charge in [0.25, 0.3) is 0 Å². The lowest BCUT2D eigenvalue weighted by Gasteiger charge is -2.41. The van der Waals surface area contributed by atoms with Crippen molar-refractivity contribution in [2.75, 3.05) is 31.1 Å². The quantitative estimate of drug-likeness (QED) is 0.489. The molecule has 0 unspecified atom stereocenters. The SMILES string of the molecule is Cc1cc(Br)cc2[nH]c(C3CN(c4c5c(nc6ccnn46)CCNCC5)C3)nc12. The van der Waals surface area contributed by atoms with Gasteiger partial charge in [0, 0.05) is 42.2 Å². The average molecular weight is 452 g/mol. The number of halogens is 1. The molecule has 3 aromatic heterocycles. The number of aryl methyl sites for hydroxylation is 1. The van der Waals surface area contributed by atoms with Gasteiger partial charge < -0.3 is 15.2 Å². The van der Waals surface area contributed by atoms with Crippen LogP contribution in [-0.2, 0) is 12.8 Å². The van der Waals surface area contributed by atoms with Crippen molar-refractivity contribution in [2.24, 2.45) is 0 Å². The number of aromatic amines is 1. The van der Waals surface area contributed by atoms with Crippen LogP contribution in [0.1, 0.15) is 28.6 Å². The van der Waals surface area contributed by atoms with Gasteiger partial charge in [-0.05, 0) is 37.6 Å². The van der Waals surface area contributed by atoms with Crippen LogP contribution < -0.4 is 10.2 Å². The molecule has 0 radical (unpaired) electrons. The fraction of sp³-hybridized carbons (Fsp3) is 0.381. The molecule has 2 N–H and O–H groups in total. The second-order valence-electron chi connectivity index (χ2n) is 8.05. The van der Waals surface area contributed by atoms with Crippen LogP contribution in [0.2, 0.25) is 0 Å². The van der Waals surface area contributed by atoms with E-state index in [9.17, 15) is 0 Å². The Hall–Kier alpha value is -2.45. The average Bonchev–Trinajstić information content (AvgIpc) is 3.21. The van der Waals surface area contributed by atoms with E-state index in [0.717, 1.165) is 66.0 Å². The van der Waals surface area contributed by atoms with Gasteiger partial charge in [0.2, 0.25) is 0 Å². The third kappa shape index (κ3) is 2.77. The van der Waals surface area contributed by atoms with Gasteiger partial charge in [-0.3, -0.25) is 0 Å². The first-order chi connectivity index (χ1) is 14.2. The van der Waals surface area contributed by atoms with Gasteiger partial charge in [0.15, 0.2) is 5.65 Å². The highest BCUT2D eigenvalue weighted by Crippen LogP contribution is 2.35. The molecule has 5 heterocycles. The largest absolute Gasteiger partial charge is 0.355 e. The molecular formula is C21H22BrN7. The van der Waals surface area contributed by atoms with Crippen molar-refractivity contribution in [3.05, 3.63) is 51.5 Å². The van der Waals surface area contributed by atoms with Gasteiger partial charge in [0.05, 0.1) is 28.8 Å². The number of rotatable bonds is 2. The summed E-state index contributed by atoms with van der Waals surface area (Å²) in [6, 6.07) is 6.23. The first kappa shape index (κ1) is 17.4. The Morgan fingerprint density at radius 3 is 2.90 bits per heavy atom. The number of benzene rings is 1. The summed E-state index contributed by atoms with van der Waals surface area (Å²) < 4.78 is 3.10. The number of H-pyrrole nitrogens is 1. The molecule has 2 aliphatic heterocycles. The maximum absolute atomic E-state index is 4.91. The predicted octanol–water partition coefficient (Wildman–Crippen LogP) is 2.97. The molecule has 0 bridgehead atoms. The van der Waals surface area contributed by atoms with Gasteiger partial charge in [-0.25, -0.2) is 9.97 Å². The summed E-state index contributed by atoms with van der Waals surface area (Å²) in [6.45, 7) is 5.97. The van der Waals surface area contributed by atoms with E-state index in [0.29, 0.717) is 5.92 Å². The molecule has 0 aliphatic carbocycles. The molecule has 0 saturated carbocycles. The van der Waals surface area contributed by atoms with Crippen LogP contribution in [0.5, 0.6) is 0 Å². The maximum atomic E-state index is 4.91. The third-order valence-electron chi connectivity index (χ3n) is 6.11. The minimum absolute atomic E-state index is 0.402. The van der Waals surface area contributed by atoms with Crippen molar-refractivity contribution < 1.29 is 0 Å². The summed E-state index contributed by atoms with van der Waals surface area (Å²) in [5.41, 5.74) is 6.86. The van der Waals surface area contributed by atoms with Gasteiger partial charge >= 0.3 is 0 Å². The Morgan fingerprint density at radius 2 is 2.00 bits per heavy atom. The minimum atomic E-state index is 0.402. The molecule has 6 rings (SSSR count).